The minimum absolute atomic E-state index is 0.134. The van der Waals surface area contributed by atoms with Crippen LogP contribution in [0.15, 0.2) is 83.9 Å². The van der Waals surface area contributed by atoms with E-state index in [4.69, 9.17) is 9.72 Å². The number of benzene rings is 2. The molecule has 74 heavy (non-hydrogen) atoms. The zero-order valence-corrected chi connectivity index (χ0v) is 44.1. The van der Waals surface area contributed by atoms with Gasteiger partial charge >= 0.3 is 11.8 Å². The lowest BCUT2D eigenvalue weighted by atomic mass is 9.85. The first-order valence-electron chi connectivity index (χ1n) is 26.8. The summed E-state index contributed by atoms with van der Waals surface area (Å²) in [7, 11) is 3.84. The molecule has 4 amide bonds. The molecule has 16 nitrogen and oxygen atoms in total. The predicted octanol–water partition coefficient (Wildman–Crippen LogP) is 8.75. The molecule has 4 atom stereocenters. The monoisotopic (exact) mass is 1000 g/mol. The maximum atomic E-state index is 13.8. The van der Waals surface area contributed by atoms with E-state index in [0.717, 1.165) is 123 Å². The van der Waals surface area contributed by atoms with Gasteiger partial charge in [0.15, 0.2) is 0 Å². The van der Waals surface area contributed by atoms with Gasteiger partial charge in [-0.1, -0.05) is 18.2 Å². The van der Waals surface area contributed by atoms with Gasteiger partial charge in [-0.3, -0.25) is 39.1 Å². The van der Waals surface area contributed by atoms with Crippen LogP contribution in [0.3, 0.4) is 0 Å². The van der Waals surface area contributed by atoms with Gasteiger partial charge in [-0.05, 0) is 189 Å². The van der Waals surface area contributed by atoms with Crippen LogP contribution in [0.5, 0.6) is 0 Å². The summed E-state index contributed by atoms with van der Waals surface area (Å²) in [5.41, 5.74) is 8.08. The van der Waals surface area contributed by atoms with Crippen molar-refractivity contribution < 1.29 is 23.9 Å². The van der Waals surface area contributed by atoms with Crippen LogP contribution in [-0.4, -0.2) is 113 Å². The predicted molar refractivity (Wildman–Crippen MR) is 287 cm³/mol. The maximum Gasteiger partial charge on any atom is 0.413 e. The largest absolute Gasteiger partial charge is 0.444 e. The molecule has 0 bridgehead atoms. The highest BCUT2D eigenvalue weighted by Crippen LogP contribution is 2.37. The van der Waals surface area contributed by atoms with Crippen LogP contribution in [0.4, 0.5) is 10.6 Å². The average Bonchev–Trinajstić information content (AvgIpc) is 3.85. The zero-order chi connectivity index (χ0) is 52.0. The molecule has 4 saturated heterocycles. The van der Waals surface area contributed by atoms with Crippen LogP contribution in [0.25, 0.3) is 33.2 Å². The minimum atomic E-state index is -0.683. The molecule has 4 aliphatic heterocycles. The number of imide groups is 1. The van der Waals surface area contributed by atoms with Crippen molar-refractivity contribution in [3.63, 3.8) is 0 Å². The summed E-state index contributed by atoms with van der Waals surface area (Å²) in [6.07, 6.45) is 10.9. The topological polar surface area (TPSA) is 169 Å². The Morgan fingerprint density at radius 2 is 1.57 bits per heavy atom. The minimum Gasteiger partial charge on any atom is -0.444 e. The molecule has 0 radical (unpaired) electrons. The number of carbonyl (C=O) groups is 4. The Labute approximate surface area is 433 Å². The van der Waals surface area contributed by atoms with E-state index in [1.807, 2.05) is 57.3 Å². The fraction of sp³-hybridized carbons (Fsp3) is 0.500. The Morgan fingerprint density at radius 3 is 2.26 bits per heavy atom. The number of carbonyl (C=O) groups excluding carboxylic acids is 4. The summed E-state index contributed by atoms with van der Waals surface area (Å²) in [5.74, 6) is 1.41. The van der Waals surface area contributed by atoms with Gasteiger partial charge in [0.05, 0.1) is 11.0 Å². The number of nitrogens with one attached hydrogen (secondary N) is 2. The molecule has 4 aromatic heterocycles. The highest BCUT2D eigenvalue weighted by atomic mass is 16.6. The lowest BCUT2D eigenvalue weighted by molar-refractivity contribution is -0.135. The number of aryl methyl sites for hydroxylation is 2. The second kappa shape index (κ2) is 20.9. The summed E-state index contributed by atoms with van der Waals surface area (Å²) in [6, 6.07) is 22.6. The van der Waals surface area contributed by atoms with Crippen molar-refractivity contribution in [1.29, 1.82) is 0 Å². The quantitative estimate of drug-likeness (QED) is 0.120. The number of hydrogen-bond donors (Lipinski definition) is 2. The van der Waals surface area contributed by atoms with E-state index < -0.39 is 23.6 Å². The van der Waals surface area contributed by atoms with Crippen LogP contribution in [-0.2, 0) is 34.8 Å². The van der Waals surface area contributed by atoms with Gasteiger partial charge in [0.1, 0.15) is 23.1 Å². The zero-order valence-electron chi connectivity index (χ0n) is 44.1. The SMILES string of the molecule is CC1C[C@@H](Cc2ccc3c(c2)n(C)c(=O)n3C2CCC(=O)NC2=O)CCN1CC1CCN(C(=O)c2ccc(C3CCN([C@@H](C)c4cc5c(-c6ccc(NC(=O)OC(C)(C)C)nc6)ccnc5n4C)CC3)cc2)CC1. The molecule has 4 fully saturated rings. The fourth-order valence-corrected chi connectivity index (χ4v) is 12.3. The van der Waals surface area contributed by atoms with Crippen LogP contribution in [0, 0.1) is 11.8 Å². The molecule has 2 N–H and O–H groups in total. The van der Waals surface area contributed by atoms with Crippen molar-refractivity contribution >= 4 is 51.7 Å². The normalized spacial score (nSPS) is 21.3. The molecule has 8 heterocycles. The first-order valence-corrected chi connectivity index (χ1v) is 26.8. The summed E-state index contributed by atoms with van der Waals surface area (Å²) < 4.78 is 10.8. The number of rotatable bonds is 11. The molecule has 10 rings (SSSR count). The Kier molecular flexibility index (Phi) is 14.4. The second-order valence-corrected chi connectivity index (χ2v) is 22.6. The average molecular weight is 1010 g/mol. The number of amides is 4. The smallest absolute Gasteiger partial charge is 0.413 e. The van der Waals surface area contributed by atoms with Gasteiger partial charge in [0, 0.05) is 86.8 Å². The van der Waals surface area contributed by atoms with E-state index in [9.17, 15) is 24.0 Å². The van der Waals surface area contributed by atoms with Crippen LogP contribution < -0.4 is 16.3 Å². The molecular formula is C58H72N10O6. The molecule has 0 aliphatic carbocycles. The summed E-state index contributed by atoms with van der Waals surface area (Å²) >= 11 is 0. The van der Waals surface area contributed by atoms with Crippen LogP contribution >= 0.6 is 0 Å². The number of likely N-dealkylation sites (tertiary alicyclic amines) is 3. The molecule has 16 heteroatoms. The molecule has 0 saturated carbocycles. The van der Waals surface area contributed by atoms with Gasteiger partial charge in [0.25, 0.3) is 5.91 Å². The van der Waals surface area contributed by atoms with Crippen molar-refractivity contribution in [1.82, 2.24) is 43.7 Å². The number of hydrogen-bond acceptors (Lipinski definition) is 10. The molecule has 2 aromatic carbocycles. The lowest BCUT2D eigenvalue weighted by Crippen LogP contribution is -2.46. The van der Waals surface area contributed by atoms with Gasteiger partial charge < -0.3 is 19.1 Å². The van der Waals surface area contributed by atoms with E-state index in [1.54, 1.807) is 28.4 Å². The van der Waals surface area contributed by atoms with E-state index >= 15 is 0 Å². The second-order valence-electron chi connectivity index (χ2n) is 22.6. The Hall–Kier alpha value is -6.65. The number of aromatic nitrogens is 5. The number of pyridine rings is 2. The number of imidazole rings is 1. The fourth-order valence-electron chi connectivity index (χ4n) is 12.3. The van der Waals surface area contributed by atoms with E-state index in [1.165, 1.54) is 16.8 Å². The standard InChI is InChI=1S/C58H72N10O6/c1-36-30-40(31-39-8-14-47-50(32-39)64(7)57(73)68(47)48-15-17-52(69)62-54(48)70)21-27-67(36)35-38-19-25-66(26-20-38)55(71)43-11-9-41(10-12-43)42-22-28-65(29-23-42)37(2)49-33-46-45(18-24-59-53(46)63(49)6)44-13-16-51(60-34-44)61-56(72)74-58(3,4)5/h8-14,16,18,24,32-34,36-38,40,42,48H,15,17,19-23,25-31,35H2,1-7H3,(H,60,61,72)(H,62,69,70)/t36?,37-,40-,48?/m0/s1. The van der Waals surface area contributed by atoms with E-state index in [2.05, 4.69) is 86.1 Å². The Morgan fingerprint density at radius 1 is 0.824 bits per heavy atom. The van der Waals surface area contributed by atoms with Gasteiger partial charge in [-0.25, -0.2) is 19.6 Å². The van der Waals surface area contributed by atoms with Crippen molar-refractivity contribution in [2.24, 2.45) is 25.9 Å². The first-order chi connectivity index (χ1) is 35.5. The van der Waals surface area contributed by atoms with Gasteiger partial charge in [-0.15, -0.1) is 0 Å². The summed E-state index contributed by atoms with van der Waals surface area (Å²) in [5, 5.41) is 6.17. The number of piperidine rings is 4. The number of nitrogens with zero attached hydrogens (tertiary/aromatic N) is 8. The number of anilines is 1. The molecule has 2 unspecified atom stereocenters. The molecule has 390 valence electrons. The number of ether oxygens (including phenoxy) is 1. The molecular weight excluding hydrogens is 933 g/mol. The van der Waals surface area contributed by atoms with Crippen molar-refractivity contribution in [3.8, 4) is 11.1 Å². The third-order valence-electron chi connectivity index (χ3n) is 16.5. The Bertz CT molecular complexity index is 3120. The van der Waals surface area contributed by atoms with E-state index in [0.29, 0.717) is 36.0 Å². The van der Waals surface area contributed by atoms with Crippen molar-refractivity contribution in [2.75, 3.05) is 44.6 Å². The van der Waals surface area contributed by atoms with Gasteiger partial charge in [-0.2, -0.15) is 0 Å². The van der Waals surface area contributed by atoms with Crippen LogP contribution in [0.2, 0.25) is 0 Å². The highest BCUT2D eigenvalue weighted by molar-refractivity contribution is 6.00. The first kappa shape index (κ1) is 50.9. The molecule has 4 aliphatic rings. The third kappa shape index (κ3) is 10.7. The highest BCUT2D eigenvalue weighted by Gasteiger charge is 2.34. The van der Waals surface area contributed by atoms with E-state index in [-0.39, 0.29) is 30.0 Å². The third-order valence-corrected chi connectivity index (χ3v) is 16.5. The van der Waals surface area contributed by atoms with Crippen molar-refractivity contribution in [3.05, 3.63) is 112 Å². The van der Waals surface area contributed by atoms with Crippen LogP contribution in [0.1, 0.15) is 131 Å². The molecule has 0 spiro atoms. The van der Waals surface area contributed by atoms with Gasteiger partial charge in [0.2, 0.25) is 11.8 Å². The Balaban J connectivity index is 0.675. The summed E-state index contributed by atoms with van der Waals surface area (Å²) in [4.78, 5) is 80.4. The summed E-state index contributed by atoms with van der Waals surface area (Å²) in [6.45, 7) is 15.8. The molecule has 6 aromatic rings. The number of fused-ring (bicyclic) bond motifs is 2. The lowest BCUT2D eigenvalue weighted by Gasteiger charge is -2.41. The maximum absolute atomic E-state index is 13.8. The van der Waals surface area contributed by atoms with Crippen molar-refractivity contribution in [2.45, 2.75) is 122 Å².